The molecule has 1 aliphatic carbocycles. The SMILES string of the molecule is CC(C)Oc1cncc(C(N)C2CC2c2ccccc2)c1. The van der Waals surface area contributed by atoms with Crippen LogP contribution in [0, 0.1) is 5.92 Å². The van der Waals surface area contributed by atoms with Crippen LogP contribution in [0.1, 0.15) is 43.4 Å². The smallest absolute Gasteiger partial charge is 0.138 e. The first-order valence-corrected chi connectivity index (χ1v) is 7.57. The zero-order chi connectivity index (χ0) is 14.8. The number of rotatable bonds is 5. The number of benzene rings is 1. The predicted octanol–water partition coefficient (Wildman–Crippen LogP) is 3.67. The minimum Gasteiger partial charge on any atom is -0.489 e. The normalized spacial score (nSPS) is 22.1. The minimum atomic E-state index is 0.0263. The van der Waals surface area contributed by atoms with Crippen molar-refractivity contribution in [2.75, 3.05) is 0 Å². The van der Waals surface area contributed by atoms with Crippen molar-refractivity contribution in [2.24, 2.45) is 11.7 Å². The molecule has 1 aliphatic rings. The Hall–Kier alpha value is -1.87. The van der Waals surface area contributed by atoms with Gasteiger partial charge in [0.05, 0.1) is 12.3 Å². The van der Waals surface area contributed by atoms with Crippen LogP contribution in [-0.4, -0.2) is 11.1 Å². The second kappa shape index (κ2) is 5.86. The summed E-state index contributed by atoms with van der Waals surface area (Å²) in [4.78, 5) is 4.26. The highest BCUT2D eigenvalue weighted by Crippen LogP contribution is 2.53. The van der Waals surface area contributed by atoms with E-state index in [0.29, 0.717) is 11.8 Å². The van der Waals surface area contributed by atoms with Crippen LogP contribution in [0.2, 0.25) is 0 Å². The molecule has 1 heterocycles. The van der Waals surface area contributed by atoms with Crippen LogP contribution in [-0.2, 0) is 0 Å². The Morgan fingerprint density at radius 2 is 1.95 bits per heavy atom. The lowest BCUT2D eigenvalue weighted by molar-refractivity contribution is 0.241. The van der Waals surface area contributed by atoms with Crippen LogP contribution in [0.3, 0.4) is 0 Å². The molecule has 1 fully saturated rings. The van der Waals surface area contributed by atoms with E-state index in [1.807, 2.05) is 26.1 Å². The molecule has 1 saturated carbocycles. The molecular weight excluding hydrogens is 260 g/mol. The zero-order valence-electron chi connectivity index (χ0n) is 12.6. The van der Waals surface area contributed by atoms with Crippen molar-refractivity contribution >= 4 is 0 Å². The van der Waals surface area contributed by atoms with Crippen molar-refractivity contribution in [3.05, 3.63) is 59.9 Å². The number of aromatic nitrogens is 1. The summed E-state index contributed by atoms with van der Waals surface area (Å²) in [5.74, 6) is 1.88. The fourth-order valence-corrected chi connectivity index (χ4v) is 2.90. The van der Waals surface area contributed by atoms with Gasteiger partial charge in [-0.3, -0.25) is 4.98 Å². The summed E-state index contributed by atoms with van der Waals surface area (Å²) in [7, 11) is 0. The molecule has 1 aromatic carbocycles. The van der Waals surface area contributed by atoms with Gasteiger partial charge < -0.3 is 10.5 Å². The summed E-state index contributed by atoms with van der Waals surface area (Å²) in [6, 6.07) is 12.7. The summed E-state index contributed by atoms with van der Waals surface area (Å²) in [6.07, 6.45) is 4.91. The van der Waals surface area contributed by atoms with Gasteiger partial charge in [0.1, 0.15) is 5.75 Å². The van der Waals surface area contributed by atoms with Crippen molar-refractivity contribution in [2.45, 2.75) is 38.3 Å². The monoisotopic (exact) mass is 282 g/mol. The van der Waals surface area contributed by atoms with E-state index in [9.17, 15) is 0 Å². The maximum Gasteiger partial charge on any atom is 0.138 e. The summed E-state index contributed by atoms with van der Waals surface area (Å²) >= 11 is 0. The maximum atomic E-state index is 6.43. The molecule has 3 rings (SSSR count). The van der Waals surface area contributed by atoms with Crippen molar-refractivity contribution in [1.82, 2.24) is 4.98 Å². The Morgan fingerprint density at radius 3 is 2.67 bits per heavy atom. The summed E-state index contributed by atoms with van der Waals surface area (Å²) in [5, 5.41) is 0. The highest BCUT2D eigenvalue weighted by atomic mass is 16.5. The van der Waals surface area contributed by atoms with E-state index in [4.69, 9.17) is 10.5 Å². The van der Waals surface area contributed by atoms with Crippen LogP contribution in [0.25, 0.3) is 0 Å². The molecule has 3 heteroatoms. The van der Waals surface area contributed by atoms with Gasteiger partial charge in [-0.15, -0.1) is 0 Å². The molecule has 3 nitrogen and oxygen atoms in total. The summed E-state index contributed by atoms with van der Waals surface area (Å²) in [6.45, 7) is 4.03. The summed E-state index contributed by atoms with van der Waals surface area (Å²) in [5.41, 5.74) is 8.89. The fraction of sp³-hybridized carbons (Fsp3) is 0.389. The molecule has 0 bridgehead atoms. The van der Waals surface area contributed by atoms with Gasteiger partial charge in [-0.05, 0) is 49.3 Å². The third-order valence-electron chi connectivity index (χ3n) is 4.02. The van der Waals surface area contributed by atoms with Gasteiger partial charge in [0.25, 0.3) is 0 Å². The minimum absolute atomic E-state index is 0.0263. The number of nitrogens with two attached hydrogens (primary N) is 1. The van der Waals surface area contributed by atoms with Gasteiger partial charge in [0.2, 0.25) is 0 Å². The van der Waals surface area contributed by atoms with Gasteiger partial charge >= 0.3 is 0 Å². The lowest BCUT2D eigenvalue weighted by atomic mass is 10.0. The molecule has 1 aromatic heterocycles. The average Bonchev–Trinajstić information content (AvgIpc) is 3.27. The summed E-state index contributed by atoms with van der Waals surface area (Å²) < 4.78 is 5.70. The lowest BCUT2D eigenvalue weighted by Crippen LogP contribution is -2.14. The molecular formula is C18H22N2O. The van der Waals surface area contributed by atoms with Gasteiger partial charge in [-0.1, -0.05) is 30.3 Å². The third-order valence-corrected chi connectivity index (χ3v) is 4.02. The molecule has 110 valence electrons. The van der Waals surface area contributed by atoms with Crippen LogP contribution in [0.4, 0.5) is 0 Å². The van der Waals surface area contributed by atoms with Crippen LogP contribution in [0.5, 0.6) is 5.75 Å². The Morgan fingerprint density at radius 1 is 1.19 bits per heavy atom. The highest BCUT2D eigenvalue weighted by molar-refractivity contribution is 5.32. The molecule has 0 saturated heterocycles. The molecule has 3 atom stereocenters. The van der Waals surface area contributed by atoms with E-state index < -0.39 is 0 Å². The van der Waals surface area contributed by atoms with E-state index in [-0.39, 0.29) is 12.1 Å². The standard InChI is InChI=1S/C18H22N2O/c1-12(2)21-15-8-14(10-20-11-15)18(19)17-9-16(17)13-6-4-3-5-7-13/h3-8,10-12,16-18H,9,19H2,1-2H3. The van der Waals surface area contributed by atoms with E-state index >= 15 is 0 Å². The number of ether oxygens (including phenoxy) is 1. The van der Waals surface area contributed by atoms with Crippen LogP contribution in [0.15, 0.2) is 48.8 Å². The Kier molecular flexibility index (Phi) is 3.93. The lowest BCUT2D eigenvalue weighted by Gasteiger charge is -2.14. The van der Waals surface area contributed by atoms with E-state index in [1.165, 1.54) is 5.56 Å². The molecule has 0 radical (unpaired) electrons. The number of pyridine rings is 1. The van der Waals surface area contributed by atoms with E-state index in [1.54, 1.807) is 6.20 Å². The van der Waals surface area contributed by atoms with Crippen LogP contribution >= 0.6 is 0 Å². The zero-order valence-corrected chi connectivity index (χ0v) is 12.6. The third kappa shape index (κ3) is 3.24. The molecule has 0 amide bonds. The quantitative estimate of drug-likeness (QED) is 0.910. The van der Waals surface area contributed by atoms with Crippen molar-refractivity contribution in [1.29, 1.82) is 0 Å². The van der Waals surface area contributed by atoms with E-state index in [2.05, 4.69) is 35.3 Å². The number of hydrogen-bond acceptors (Lipinski definition) is 3. The first-order chi connectivity index (χ1) is 10.1. The molecule has 3 unspecified atom stereocenters. The second-order valence-corrected chi connectivity index (χ2v) is 6.06. The maximum absolute atomic E-state index is 6.43. The van der Waals surface area contributed by atoms with Crippen molar-refractivity contribution in [3.63, 3.8) is 0 Å². The molecule has 0 aliphatic heterocycles. The molecule has 2 aromatic rings. The second-order valence-electron chi connectivity index (χ2n) is 6.06. The van der Waals surface area contributed by atoms with Gasteiger partial charge in [0, 0.05) is 12.2 Å². The van der Waals surface area contributed by atoms with Gasteiger partial charge in [-0.2, -0.15) is 0 Å². The highest BCUT2D eigenvalue weighted by Gasteiger charge is 2.42. The average molecular weight is 282 g/mol. The first kappa shape index (κ1) is 14.1. The number of hydrogen-bond donors (Lipinski definition) is 1. The van der Waals surface area contributed by atoms with Crippen LogP contribution < -0.4 is 10.5 Å². The Labute approximate surface area is 126 Å². The predicted molar refractivity (Wildman–Crippen MR) is 84.2 cm³/mol. The van der Waals surface area contributed by atoms with Gasteiger partial charge in [-0.25, -0.2) is 0 Å². The van der Waals surface area contributed by atoms with Gasteiger partial charge in [0.15, 0.2) is 0 Å². The fourth-order valence-electron chi connectivity index (χ4n) is 2.90. The van der Waals surface area contributed by atoms with Crippen molar-refractivity contribution < 1.29 is 4.74 Å². The first-order valence-electron chi connectivity index (χ1n) is 7.57. The molecule has 0 spiro atoms. The largest absolute Gasteiger partial charge is 0.489 e. The number of nitrogens with zero attached hydrogens (tertiary/aromatic N) is 1. The Bertz CT molecular complexity index is 597. The molecule has 2 N–H and O–H groups in total. The molecule has 21 heavy (non-hydrogen) atoms. The van der Waals surface area contributed by atoms with Crippen molar-refractivity contribution in [3.8, 4) is 5.75 Å². The Balaban J connectivity index is 1.71. The topological polar surface area (TPSA) is 48.1 Å². The van der Waals surface area contributed by atoms with E-state index in [0.717, 1.165) is 17.7 Å².